The molecule has 1 fully saturated rings. The number of anilines is 1. The second kappa shape index (κ2) is 6.48. The molecule has 2 atom stereocenters. The van der Waals surface area contributed by atoms with Gasteiger partial charge < -0.3 is 15.0 Å². The molecule has 116 valence electrons. The number of benzene rings is 1. The highest BCUT2D eigenvalue weighted by molar-refractivity contribution is 5.94. The Morgan fingerprint density at radius 1 is 1.38 bits per heavy atom. The van der Waals surface area contributed by atoms with Crippen molar-refractivity contribution in [1.82, 2.24) is 4.90 Å². The maximum absolute atomic E-state index is 11.9. The molecule has 0 saturated carbocycles. The van der Waals surface area contributed by atoms with E-state index in [1.807, 2.05) is 24.3 Å². The number of rotatable bonds is 4. The highest BCUT2D eigenvalue weighted by Crippen LogP contribution is 2.29. The lowest BCUT2D eigenvalue weighted by molar-refractivity contribution is -0.0708. The molecule has 0 radical (unpaired) electrons. The van der Waals surface area contributed by atoms with Crippen LogP contribution in [0.25, 0.3) is 0 Å². The lowest BCUT2D eigenvalue weighted by Gasteiger charge is -2.38. The molecular formula is C17H26N2O2. The number of amides is 1. The quantitative estimate of drug-likeness (QED) is 0.926. The van der Waals surface area contributed by atoms with Gasteiger partial charge in [0.2, 0.25) is 0 Å². The number of carbonyl (C=O) groups excluding carboxylic acids is 1. The normalized spacial score (nSPS) is 25.4. The molecule has 1 saturated heterocycles. The first-order valence-electron chi connectivity index (χ1n) is 7.66. The van der Waals surface area contributed by atoms with Crippen LogP contribution in [0.3, 0.4) is 0 Å². The third-order valence-electron chi connectivity index (χ3n) is 4.25. The summed E-state index contributed by atoms with van der Waals surface area (Å²) >= 11 is 0. The maximum atomic E-state index is 11.9. The second-order valence-electron chi connectivity index (χ2n) is 6.26. The van der Waals surface area contributed by atoms with E-state index < -0.39 is 0 Å². The van der Waals surface area contributed by atoms with Crippen LogP contribution in [0.2, 0.25) is 0 Å². The van der Waals surface area contributed by atoms with Gasteiger partial charge in [-0.25, -0.2) is 0 Å². The number of hydrogen-bond acceptors (Lipinski definition) is 3. The smallest absolute Gasteiger partial charge is 0.253 e. The fourth-order valence-electron chi connectivity index (χ4n) is 2.70. The van der Waals surface area contributed by atoms with Crippen LogP contribution in [0.4, 0.5) is 5.69 Å². The predicted octanol–water partition coefficient (Wildman–Crippen LogP) is 3.15. The first-order valence-corrected chi connectivity index (χ1v) is 7.66. The zero-order valence-electron chi connectivity index (χ0n) is 13.5. The molecule has 1 aliphatic heterocycles. The molecule has 1 aromatic carbocycles. The van der Waals surface area contributed by atoms with E-state index in [1.165, 1.54) is 0 Å². The minimum absolute atomic E-state index is 0.0171. The largest absolute Gasteiger partial charge is 0.382 e. The van der Waals surface area contributed by atoms with Crippen LogP contribution >= 0.6 is 0 Å². The predicted molar refractivity (Wildman–Crippen MR) is 85.8 cm³/mol. The maximum Gasteiger partial charge on any atom is 0.253 e. The summed E-state index contributed by atoms with van der Waals surface area (Å²) in [5.41, 5.74) is 1.77. The van der Waals surface area contributed by atoms with E-state index in [-0.39, 0.29) is 11.5 Å². The molecule has 0 spiro atoms. The molecule has 21 heavy (non-hydrogen) atoms. The lowest BCUT2D eigenvalue weighted by atomic mass is 9.90. The summed E-state index contributed by atoms with van der Waals surface area (Å²) in [6, 6.07) is 8.15. The van der Waals surface area contributed by atoms with Crippen molar-refractivity contribution in [2.45, 2.75) is 44.8 Å². The summed E-state index contributed by atoms with van der Waals surface area (Å²) in [6.07, 6.45) is 3.07. The highest BCUT2D eigenvalue weighted by Gasteiger charge is 2.31. The Morgan fingerprint density at radius 3 is 2.62 bits per heavy atom. The van der Waals surface area contributed by atoms with E-state index in [4.69, 9.17) is 4.74 Å². The van der Waals surface area contributed by atoms with Crippen LogP contribution in [0.5, 0.6) is 0 Å². The Balaban J connectivity index is 1.99. The molecule has 0 aliphatic carbocycles. The van der Waals surface area contributed by atoms with Crippen LogP contribution in [0.1, 0.15) is 43.5 Å². The first-order chi connectivity index (χ1) is 9.93. The summed E-state index contributed by atoms with van der Waals surface area (Å²) in [4.78, 5) is 13.4. The summed E-state index contributed by atoms with van der Waals surface area (Å²) in [7, 11) is 3.53. The Labute approximate surface area is 127 Å². The summed E-state index contributed by atoms with van der Waals surface area (Å²) in [5.74, 6) is 0.0335. The average Bonchev–Trinajstić information content (AvgIpc) is 2.47. The second-order valence-corrected chi connectivity index (χ2v) is 6.26. The van der Waals surface area contributed by atoms with E-state index in [0.29, 0.717) is 6.04 Å². The summed E-state index contributed by atoms with van der Waals surface area (Å²) in [5, 5.41) is 3.56. The van der Waals surface area contributed by atoms with E-state index in [9.17, 15) is 4.79 Å². The van der Waals surface area contributed by atoms with Crippen LogP contribution in [0, 0.1) is 0 Å². The van der Waals surface area contributed by atoms with Crippen LogP contribution < -0.4 is 5.32 Å². The van der Waals surface area contributed by atoms with Crippen LogP contribution in [-0.2, 0) is 4.74 Å². The van der Waals surface area contributed by atoms with Gasteiger partial charge in [-0.15, -0.1) is 0 Å². The number of nitrogens with one attached hydrogen (secondary N) is 1. The van der Waals surface area contributed by atoms with E-state index in [0.717, 1.165) is 37.1 Å². The number of hydrogen-bond donors (Lipinski definition) is 1. The van der Waals surface area contributed by atoms with Crippen LogP contribution in [-0.4, -0.2) is 43.2 Å². The monoisotopic (exact) mass is 290 g/mol. The standard InChI is InChI=1S/C17H26N2O2/c1-5-17(2)12-15(10-11-21-17)18-14-8-6-13(7-9-14)16(20)19(3)4/h6-9,15,18H,5,10-12H2,1-4H3. The summed E-state index contributed by atoms with van der Waals surface area (Å²) < 4.78 is 5.87. The van der Waals surface area contributed by atoms with Gasteiger partial charge in [-0.3, -0.25) is 4.79 Å². The number of nitrogens with zero attached hydrogens (tertiary/aromatic N) is 1. The van der Waals surface area contributed by atoms with Gasteiger partial charge in [0.1, 0.15) is 0 Å². The van der Waals surface area contributed by atoms with Crippen molar-refractivity contribution in [3.63, 3.8) is 0 Å². The van der Waals surface area contributed by atoms with Gasteiger partial charge >= 0.3 is 0 Å². The SMILES string of the molecule is CCC1(C)CC(Nc2ccc(C(=O)N(C)C)cc2)CCO1. The molecule has 0 bridgehead atoms. The molecule has 4 heteroatoms. The Hall–Kier alpha value is -1.55. The van der Waals surface area contributed by atoms with Gasteiger partial charge in [0.25, 0.3) is 5.91 Å². The van der Waals surface area contributed by atoms with Crippen molar-refractivity contribution in [3.8, 4) is 0 Å². The molecule has 2 unspecified atom stereocenters. The topological polar surface area (TPSA) is 41.6 Å². The Kier molecular flexibility index (Phi) is 4.88. The summed E-state index contributed by atoms with van der Waals surface area (Å²) in [6.45, 7) is 5.16. The fraction of sp³-hybridized carbons (Fsp3) is 0.588. The molecule has 1 amide bonds. The van der Waals surface area contributed by atoms with Crippen molar-refractivity contribution >= 4 is 11.6 Å². The van der Waals surface area contributed by atoms with Gasteiger partial charge in [-0.05, 0) is 50.5 Å². The van der Waals surface area contributed by atoms with Crippen molar-refractivity contribution in [2.75, 3.05) is 26.0 Å². The van der Waals surface area contributed by atoms with Gasteiger partial charge in [0.15, 0.2) is 0 Å². The molecular weight excluding hydrogens is 264 g/mol. The number of ether oxygens (including phenoxy) is 1. The third kappa shape index (κ3) is 3.97. The lowest BCUT2D eigenvalue weighted by Crippen LogP contribution is -2.41. The molecule has 1 aromatic rings. The van der Waals surface area contributed by atoms with Gasteiger partial charge in [-0.2, -0.15) is 0 Å². The fourth-order valence-corrected chi connectivity index (χ4v) is 2.70. The molecule has 0 aromatic heterocycles. The number of carbonyl (C=O) groups is 1. The minimum Gasteiger partial charge on any atom is -0.382 e. The van der Waals surface area contributed by atoms with E-state index in [2.05, 4.69) is 19.2 Å². The average molecular weight is 290 g/mol. The van der Waals surface area contributed by atoms with Gasteiger partial charge in [-0.1, -0.05) is 6.92 Å². The molecule has 4 nitrogen and oxygen atoms in total. The van der Waals surface area contributed by atoms with Crippen molar-refractivity contribution in [3.05, 3.63) is 29.8 Å². The van der Waals surface area contributed by atoms with Crippen LogP contribution in [0.15, 0.2) is 24.3 Å². The minimum atomic E-state index is -0.0171. The first kappa shape index (κ1) is 15.8. The molecule has 2 rings (SSSR count). The van der Waals surface area contributed by atoms with Crippen molar-refractivity contribution in [1.29, 1.82) is 0 Å². The molecule has 1 aliphatic rings. The molecule has 1 heterocycles. The Morgan fingerprint density at radius 2 is 2.05 bits per heavy atom. The van der Waals surface area contributed by atoms with Crippen molar-refractivity contribution < 1.29 is 9.53 Å². The van der Waals surface area contributed by atoms with E-state index in [1.54, 1.807) is 19.0 Å². The highest BCUT2D eigenvalue weighted by atomic mass is 16.5. The zero-order chi connectivity index (χ0) is 15.5. The molecule has 1 N–H and O–H groups in total. The third-order valence-corrected chi connectivity index (χ3v) is 4.25. The van der Waals surface area contributed by atoms with Gasteiger partial charge in [0, 0.05) is 38.0 Å². The Bertz CT molecular complexity index is 484. The van der Waals surface area contributed by atoms with Gasteiger partial charge in [0.05, 0.1) is 5.60 Å². The van der Waals surface area contributed by atoms with E-state index >= 15 is 0 Å². The zero-order valence-corrected chi connectivity index (χ0v) is 13.5. The van der Waals surface area contributed by atoms with Crippen molar-refractivity contribution in [2.24, 2.45) is 0 Å².